The molecule has 0 amide bonds. The van der Waals surface area contributed by atoms with E-state index in [1.807, 2.05) is 38.2 Å². The van der Waals surface area contributed by atoms with Crippen molar-refractivity contribution in [1.82, 2.24) is 0 Å². The number of hydrogen-bond donors (Lipinski definition) is 1. The van der Waals surface area contributed by atoms with Gasteiger partial charge in [-0.2, -0.15) is 5.26 Å². The zero-order valence-electron chi connectivity index (χ0n) is 8.54. The summed E-state index contributed by atoms with van der Waals surface area (Å²) >= 11 is 0. The fourth-order valence-electron chi connectivity index (χ4n) is 1.39. The molecular formula is C12H14N2. The Labute approximate surface area is 84.7 Å². The van der Waals surface area contributed by atoms with Crippen LogP contribution in [0, 0.1) is 11.3 Å². The lowest BCUT2D eigenvalue weighted by Gasteiger charge is -2.08. The molecule has 0 unspecified atom stereocenters. The first-order valence-corrected chi connectivity index (χ1v) is 4.54. The summed E-state index contributed by atoms with van der Waals surface area (Å²) < 4.78 is 0. The molecule has 0 fully saturated rings. The Morgan fingerprint density at radius 3 is 2.86 bits per heavy atom. The van der Waals surface area contributed by atoms with Crippen molar-refractivity contribution < 1.29 is 0 Å². The predicted octanol–water partition coefficient (Wildman–Crippen LogP) is 2.58. The molecule has 0 atom stereocenters. The third-order valence-electron chi connectivity index (χ3n) is 2.07. The Bertz CT molecular complexity index is 383. The van der Waals surface area contributed by atoms with Crippen LogP contribution in [0.2, 0.25) is 0 Å². The summed E-state index contributed by atoms with van der Waals surface area (Å²) in [6, 6.07) is 2.17. The van der Waals surface area contributed by atoms with Crippen molar-refractivity contribution >= 4 is 0 Å². The number of hydrogen-bond acceptors (Lipinski definition) is 2. The number of rotatable bonds is 1. The molecule has 0 bridgehead atoms. The Morgan fingerprint density at radius 1 is 1.57 bits per heavy atom. The second-order valence-corrected chi connectivity index (χ2v) is 3.44. The van der Waals surface area contributed by atoms with Gasteiger partial charge in [0.2, 0.25) is 0 Å². The normalized spacial score (nSPS) is 20.1. The topological polar surface area (TPSA) is 49.8 Å². The minimum atomic E-state index is 0.711. The molecule has 0 heterocycles. The van der Waals surface area contributed by atoms with E-state index in [0.29, 0.717) is 6.42 Å². The van der Waals surface area contributed by atoms with Gasteiger partial charge >= 0.3 is 0 Å². The molecule has 1 aliphatic carbocycles. The summed E-state index contributed by atoms with van der Waals surface area (Å²) in [5.74, 6) is 0. The predicted molar refractivity (Wildman–Crippen MR) is 58.1 cm³/mol. The molecule has 0 spiro atoms. The zero-order valence-corrected chi connectivity index (χ0v) is 8.54. The van der Waals surface area contributed by atoms with Crippen LogP contribution < -0.4 is 5.73 Å². The molecule has 0 aromatic carbocycles. The first-order chi connectivity index (χ1) is 6.63. The number of allylic oxidation sites excluding steroid dienone is 8. The van der Waals surface area contributed by atoms with Crippen molar-refractivity contribution in [3.8, 4) is 6.07 Å². The largest absolute Gasteiger partial charge is 0.402 e. The lowest BCUT2D eigenvalue weighted by molar-refractivity contribution is 1.14. The van der Waals surface area contributed by atoms with Crippen molar-refractivity contribution in [2.75, 3.05) is 0 Å². The minimum Gasteiger partial charge on any atom is -0.402 e. The highest BCUT2D eigenvalue weighted by atomic mass is 14.5. The summed E-state index contributed by atoms with van der Waals surface area (Å²) in [6.45, 7) is 3.87. The maximum absolute atomic E-state index is 8.76. The standard InChI is InChI=1S/C12H14N2/c1-9(6-10(2)14)12-5-3-4-11(7-12)8-13/h3-6H,7,14H2,1-2H3/b10-6-,12-9-. The lowest BCUT2D eigenvalue weighted by atomic mass is 9.96. The molecule has 2 nitrogen and oxygen atoms in total. The molecule has 0 aromatic rings. The van der Waals surface area contributed by atoms with E-state index >= 15 is 0 Å². The van der Waals surface area contributed by atoms with Gasteiger partial charge < -0.3 is 5.73 Å². The fraction of sp³-hybridized carbons (Fsp3) is 0.250. The smallest absolute Gasteiger partial charge is 0.0950 e. The zero-order chi connectivity index (χ0) is 10.6. The van der Waals surface area contributed by atoms with Crippen LogP contribution in [0.5, 0.6) is 0 Å². The molecule has 0 saturated carbocycles. The Morgan fingerprint density at radius 2 is 2.29 bits per heavy atom. The Kier molecular flexibility index (Phi) is 3.30. The van der Waals surface area contributed by atoms with E-state index < -0.39 is 0 Å². The average Bonchev–Trinajstić information content (AvgIpc) is 2.17. The molecule has 0 saturated heterocycles. The summed E-state index contributed by atoms with van der Waals surface area (Å²) in [4.78, 5) is 0. The van der Waals surface area contributed by atoms with Gasteiger partial charge in [-0.25, -0.2) is 0 Å². The Balaban J connectivity index is 2.94. The third-order valence-corrected chi connectivity index (χ3v) is 2.07. The van der Waals surface area contributed by atoms with E-state index in [1.165, 1.54) is 0 Å². The summed E-state index contributed by atoms with van der Waals surface area (Å²) in [6.07, 6.45) is 8.41. The van der Waals surface area contributed by atoms with Crippen molar-refractivity contribution in [2.45, 2.75) is 20.3 Å². The van der Waals surface area contributed by atoms with Gasteiger partial charge in [0.05, 0.1) is 6.07 Å². The van der Waals surface area contributed by atoms with E-state index in [1.54, 1.807) is 0 Å². The molecule has 0 aliphatic heterocycles. The number of nitriles is 1. The van der Waals surface area contributed by atoms with Crippen LogP contribution in [0.4, 0.5) is 0 Å². The first kappa shape index (κ1) is 10.3. The maximum Gasteiger partial charge on any atom is 0.0950 e. The summed E-state index contributed by atoms with van der Waals surface area (Å²) in [7, 11) is 0. The Hall–Kier alpha value is -1.75. The van der Waals surface area contributed by atoms with Crippen molar-refractivity contribution in [3.05, 3.63) is 46.7 Å². The van der Waals surface area contributed by atoms with Gasteiger partial charge in [-0.15, -0.1) is 0 Å². The molecule has 1 aliphatic rings. The van der Waals surface area contributed by atoms with Gasteiger partial charge in [0.15, 0.2) is 0 Å². The van der Waals surface area contributed by atoms with Gasteiger partial charge in [-0.3, -0.25) is 0 Å². The monoisotopic (exact) mass is 186 g/mol. The van der Waals surface area contributed by atoms with Gasteiger partial charge in [0.25, 0.3) is 0 Å². The van der Waals surface area contributed by atoms with E-state index in [9.17, 15) is 0 Å². The van der Waals surface area contributed by atoms with Crippen LogP contribution in [0.1, 0.15) is 20.3 Å². The second-order valence-electron chi connectivity index (χ2n) is 3.44. The van der Waals surface area contributed by atoms with Crippen molar-refractivity contribution in [2.24, 2.45) is 5.73 Å². The summed E-state index contributed by atoms with van der Waals surface area (Å²) in [5, 5.41) is 8.76. The number of nitrogens with zero attached hydrogens (tertiary/aromatic N) is 1. The molecular weight excluding hydrogens is 172 g/mol. The van der Waals surface area contributed by atoms with Crippen molar-refractivity contribution in [1.29, 1.82) is 5.26 Å². The van der Waals surface area contributed by atoms with Gasteiger partial charge in [-0.05, 0) is 37.1 Å². The highest BCUT2D eigenvalue weighted by Gasteiger charge is 2.05. The second kappa shape index (κ2) is 4.48. The lowest BCUT2D eigenvalue weighted by Crippen LogP contribution is -1.95. The number of nitrogens with two attached hydrogens (primary N) is 1. The van der Waals surface area contributed by atoms with Crippen LogP contribution in [0.25, 0.3) is 0 Å². The molecule has 14 heavy (non-hydrogen) atoms. The maximum atomic E-state index is 8.76. The SMILES string of the molecule is C/C(N)=C/C(C)=C1/C=CC=C(C#N)C1. The van der Waals surface area contributed by atoms with Crippen LogP contribution >= 0.6 is 0 Å². The van der Waals surface area contributed by atoms with Crippen LogP contribution in [-0.2, 0) is 0 Å². The van der Waals surface area contributed by atoms with E-state index in [-0.39, 0.29) is 0 Å². The molecule has 72 valence electrons. The van der Waals surface area contributed by atoms with Crippen molar-refractivity contribution in [3.63, 3.8) is 0 Å². The molecule has 0 aromatic heterocycles. The van der Waals surface area contributed by atoms with Gasteiger partial charge in [0, 0.05) is 17.7 Å². The highest BCUT2D eigenvalue weighted by molar-refractivity contribution is 5.44. The molecule has 0 radical (unpaired) electrons. The quantitative estimate of drug-likeness (QED) is 0.684. The van der Waals surface area contributed by atoms with Crippen LogP contribution in [0.15, 0.2) is 46.7 Å². The highest BCUT2D eigenvalue weighted by Crippen LogP contribution is 2.21. The van der Waals surface area contributed by atoms with E-state index in [0.717, 1.165) is 22.4 Å². The van der Waals surface area contributed by atoms with Gasteiger partial charge in [0.1, 0.15) is 0 Å². The van der Waals surface area contributed by atoms with E-state index in [2.05, 4.69) is 6.07 Å². The van der Waals surface area contributed by atoms with E-state index in [4.69, 9.17) is 11.0 Å². The first-order valence-electron chi connectivity index (χ1n) is 4.54. The van der Waals surface area contributed by atoms with Crippen LogP contribution in [-0.4, -0.2) is 0 Å². The molecule has 2 heteroatoms. The average molecular weight is 186 g/mol. The van der Waals surface area contributed by atoms with Gasteiger partial charge in [-0.1, -0.05) is 12.2 Å². The van der Waals surface area contributed by atoms with Crippen LogP contribution in [0.3, 0.4) is 0 Å². The molecule has 1 rings (SSSR count). The summed E-state index contributed by atoms with van der Waals surface area (Å²) in [5.41, 5.74) is 9.46. The third kappa shape index (κ3) is 2.63. The minimum absolute atomic E-state index is 0.711. The molecule has 2 N–H and O–H groups in total. The fourth-order valence-corrected chi connectivity index (χ4v) is 1.39.